The molecule has 2 saturated carbocycles. The lowest BCUT2D eigenvalue weighted by atomic mass is 9.53. The van der Waals surface area contributed by atoms with E-state index in [1.807, 2.05) is 6.07 Å². The van der Waals surface area contributed by atoms with Crippen LogP contribution in [0.15, 0.2) is 24.4 Å². The van der Waals surface area contributed by atoms with E-state index in [0.717, 1.165) is 36.4 Å². The number of Topliss-reactive ketones (excluding diaryl/α,β-unsaturated/α-hetero) is 1. The van der Waals surface area contributed by atoms with Gasteiger partial charge in [-0.2, -0.15) is 0 Å². The van der Waals surface area contributed by atoms with Gasteiger partial charge in [-0.25, -0.2) is 0 Å². The van der Waals surface area contributed by atoms with Crippen LogP contribution in [0, 0.1) is 11.8 Å². The number of fused-ring (bicyclic) bond motifs is 1. The van der Waals surface area contributed by atoms with Gasteiger partial charge in [-0.15, -0.1) is 0 Å². The zero-order valence-electron chi connectivity index (χ0n) is 15.5. The molecule has 1 amide bonds. The van der Waals surface area contributed by atoms with E-state index in [4.69, 9.17) is 5.73 Å². The number of primary amides is 1. The van der Waals surface area contributed by atoms with Crippen LogP contribution in [0.5, 0.6) is 5.75 Å². The summed E-state index contributed by atoms with van der Waals surface area (Å²) in [6.45, 7) is 1.09. The van der Waals surface area contributed by atoms with Gasteiger partial charge in [-0.1, -0.05) is 18.6 Å². The molecule has 1 heterocycles. The summed E-state index contributed by atoms with van der Waals surface area (Å²) in [5, 5.41) is 10.9. The number of hydrogen-bond donors (Lipinski definition) is 2. The number of allylic oxidation sites excluding steroid dienone is 1. The Hall–Kier alpha value is -2.30. The highest BCUT2D eigenvalue weighted by Gasteiger charge is 2.55. The van der Waals surface area contributed by atoms with Gasteiger partial charge in [0.2, 0.25) is 0 Å². The van der Waals surface area contributed by atoms with Crippen molar-refractivity contribution in [1.82, 2.24) is 4.90 Å². The molecule has 0 unspecified atom stereocenters. The van der Waals surface area contributed by atoms with Gasteiger partial charge < -0.3 is 15.7 Å². The zero-order valence-corrected chi connectivity index (χ0v) is 15.5. The molecular formula is C22H26N2O3. The molecule has 3 N–H and O–H groups in total. The van der Waals surface area contributed by atoms with Gasteiger partial charge in [0.15, 0.2) is 0 Å². The van der Waals surface area contributed by atoms with E-state index < -0.39 is 11.3 Å². The van der Waals surface area contributed by atoms with Crippen molar-refractivity contribution < 1.29 is 14.7 Å². The highest BCUT2D eigenvalue weighted by molar-refractivity contribution is 5.96. The Morgan fingerprint density at radius 2 is 2.11 bits per heavy atom. The lowest BCUT2D eigenvalue weighted by molar-refractivity contribution is -0.124. The van der Waals surface area contributed by atoms with Crippen molar-refractivity contribution in [2.24, 2.45) is 17.6 Å². The summed E-state index contributed by atoms with van der Waals surface area (Å²) in [4.78, 5) is 26.7. The van der Waals surface area contributed by atoms with Crippen LogP contribution in [0.2, 0.25) is 0 Å². The minimum atomic E-state index is -0.626. The van der Waals surface area contributed by atoms with Gasteiger partial charge in [-0.05, 0) is 55.3 Å². The van der Waals surface area contributed by atoms with Gasteiger partial charge in [0.1, 0.15) is 11.5 Å². The molecule has 2 bridgehead atoms. The van der Waals surface area contributed by atoms with E-state index in [0.29, 0.717) is 24.8 Å². The predicted octanol–water partition coefficient (Wildman–Crippen LogP) is 2.65. The van der Waals surface area contributed by atoms with Crippen molar-refractivity contribution >= 4 is 11.7 Å². The Morgan fingerprint density at radius 3 is 2.81 bits per heavy atom. The van der Waals surface area contributed by atoms with Gasteiger partial charge >= 0.3 is 0 Å². The van der Waals surface area contributed by atoms with E-state index in [9.17, 15) is 14.7 Å². The Kier molecular flexibility index (Phi) is 3.65. The lowest BCUT2D eigenvalue weighted by Crippen LogP contribution is -2.58. The van der Waals surface area contributed by atoms with Crippen LogP contribution in [0.25, 0.3) is 0 Å². The summed E-state index contributed by atoms with van der Waals surface area (Å²) in [5.74, 6) is 0.661. The highest BCUT2D eigenvalue weighted by atomic mass is 16.3. The molecule has 0 radical (unpaired) electrons. The van der Waals surface area contributed by atoms with Crippen LogP contribution in [0.1, 0.15) is 60.0 Å². The van der Waals surface area contributed by atoms with Gasteiger partial charge in [-0.3, -0.25) is 9.59 Å². The summed E-state index contributed by atoms with van der Waals surface area (Å²) in [7, 11) is 0. The first-order chi connectivity index (χ1) is 13.0. The van der Waals surface area contributed by atoms with Crippen molar-refractivity contribution in [2.45, 2.75) is 56.4 Å². The number of nitrogens with two attached hydrogens (primary N) is 1. The average molecular weight is 366 g/mol. The third-order valence-corrected chi connectivity index (χ3v) is 7.46. The SMILES string of the molecule is NC(=O)c1ccc2c(c1O)[C@]13C=CN(CC4CCC4)[C@H](C2)[C@@H]1CCC(=O)C3. The number of rotatable bonds is 3. The molecule has 5 heteroatoms. The number of ketones is 1. The number of nitrogens with zero attached hydrogens (tertiary/aromatic N) is 1. The molecule has 142 valence electrons. The molecule has 5 rings (SSSR count). The number of hydrogen-bond acceptors (Lipinski definition) is 4. The van der Waals surface area contributed by atoms with E-state index in [-0.39, 0.29) is 17.1 Å². The summed E-state index contributed by atoms with van der Waals surface area (Å²) in [5.41, 5.74) is 6.95. The number of phenols is 1. The summed E-state index contributed by atoms with van der Waals surface area (Å²) in [6, 6.07) is 3.92. The van der Waals surface area contributed by atoms with Crippen molar-refractivity contribution in [3.8, 4) is 5.75 Å². The standard InChI is InChI=1S/C22H26N2O3/c23-21(27)16-6-4-14-10-18-17-7-5-15(25)11-22(17,19(14)20(16)26)8-9-24(18)12-13-2-1-3-13/h4,6,8-9,13,17-18,26H,1-3,5,7,10-12H2,(H2,23,27)/t17-,18+,22-/m0/s1. The van der Waals surface area contributed by atoms with E-state index >= 15 is 0 Å². The molecule has 1 aliphatic heterocycles. The van der Waals surface area contributed by atoms with Crippen LogP contribution in [-0.2, 0) is 16.6 Å². The van der Waals surface area contributed by atoms with Gasteiger partial charge in [0.25, 0.3) is 5.91 Å². The summed E-state index contributed by atoms with van der Waals surface area (Å²) in [6.07, 6.45) is 11.0. The van der Waals surface area contributed by atoms with E-state index in [1.165, 1.54) is 19.3 Å². The molecule has 27 heavy (non-hydrogen) atoms. The summed E-state index contributed by atoms with van der Waals surface area (Å²) < 4.78 is 0. The number of amides is 1. The smallest absolute Gasteiger partial charge is 0.252 e. The molecule has 4 aliphatic rings. The molecular weight excluding hydrogens is 340 g/mol. The number of carbonyl (C=O) groups excluding carboxylic acids is 2. The fraction of sp³-hybridized carbons (Fsp3) is 0.545. The molecule has 0 spiro atoms. The second-order valence-electron chi connectivity index (χ2n) is 8.84. The normalized spacial score (nSPS) is 31.9. The maximum Gasteiger partial charge on any atom is 0.252 e. The van der Waals surface area contributed by atoms with Crippen molar-refractivity contribution in [1.29, 1.82) is 0 Å². The third kappa shape index (κ3) is 2.36. The largest absolute Gasteiger partial charge is 0.507 e. The highest BCUT2D eigenvalue weighted by Crippen LogP contribution is 2.56. The monoisotopic (exact) mass is 366 g/mol. The van der Waals surface area contributed by atoms with Crippen molar-refractivity contribution in [3.05, 3.63) is 41.1 Å². The Bertz CT molecular complexity index is 857. The van der Waals surface area contributed by atoms with E-state index in [2.05, 4.69) is 17.2 Å². The Labute approximate surface area is 159 Å². The zero-order chi connectivity index (χ0) is 18.8. The van der Waals surface area contributed by atoms with Crippen LogP contribution >= 0.6 is 0 Å². The first-order valence-electron chi connectivity index (χ1n) is 10.1. The van der Waals surface area contributed by atoms with Gasteiger partial charge in [0, 0.05) is 36.4 Å². The molecule has 3 aliphatic carbocycles. The molecule has 3 atom stereocenters. The maximum absolute atomic E-state index is 12.4. The fourth-order valence-electron chi connectivity index (χ4n) is 5.94. The lowest BCUT2D eigenvalue weighted by Gasteiger charge is -2.56. The average Bonchev–Trinajstić information content (AvgIpc) is 2.58. The van der Waals surface area contributed by atoms with Crippen LogP contribution in [0.4, 0.5) is 0 Å². The predicted molar refractivity (Wildman–Crippen MR) is 101 cm³/mol. The Balaban J connectivity index is 1.64. The van der Waals surface area contributed by atoms with Crippen molar-refractivity contribution in [2.75, 3.05) is 6.54 Å². The topological polar surface area (TPSA) is 83.6 Å². The molecule has 2 fully saturated rings. The molecule has 1 aromatic carbocycles. The Morgan fingerprint density at radius 1 is 1.30 bits per heavy atom. The third-order valence-electron chi connectivity index (χ3n) is 7.46. The molecule has 1 aromatic rings. The van der Waals surface area contributed by atoms with Crippen LogP contribution in [0.3, 0.4) is 0 Å². The molecule has 0 aromatic heterocycles. The van der Waals surface area contributed by atoms with Crippen LogP contribution in [-0.4, -0.2) is 34.3 Å². The minimum absolute atomic E-state index is 0.0183. The molecule has 5 nitrogen and oxygen atoms in total. The van der Waals surface area contributed by atoms with Gasteiger partial charge in [0.05, 0.1) is 5.56 Å². The minimum Gasteiger partial charge on any atom is -0.507 e. The number of aromatic hydroxyl groups is 1. The van der Waals surface area contributed by atoms with Crippen LogP contribution < -0.4 is 5.73 Å². The quantitative estimate of drug-likeness (QED) is 0.861. The first-order valence-corrected chi connectivity index (χ1v) is 10.1. The van der Waals surface area contributed by atoms with E-state index in [1.54, 1.807) is 6.07 Å². The fourth-order valence-corrected chi connectivity index (χ4v) is 5.94. The van der Waals surface area contributed by atoms with Crippen molar-refractivity contribution in [3.63, 3.8) is 0 Å². The second-order valence-corrected chi connectivity index (χ2v) is 8.84. The maximum atomic E-state index is 12.4. The summed E-state index contributed by atoms with van der Waals surface area (Å²) >= 11 is 0. The first kappa shape index (κ1) is 16.8. The second kappa shape index (κ2) is 5.85. The number of benzene rings is 1. The number of carbonyl (C=O) groups is 2. The molecule has 0 saturated heterocycles.